The average Bonchev–Trinajstić information content (AvgIpc) is 2.96. The van der Waals surface area contributed by atoms with Crippen LogP contribution in [0.5, 0.6) is 0 Å². The van der Waals surface area contributed by atoms with Crippen molar-refractivity contribution in [3.05, 3.63) is 78.9 Å². The van der Waals surface area contributed by atoms with E-state index in [4.69, 9.17) is 10.5 Å². The molecule has 0 fully saturated rings. The molecular weight excluding hydrogens is 416 g/mol. The number of amides is 3. The SMILES string of the molecule is NC(=O)c1ccc(COC(=O)CN2C(=O)c3cccc([N+](=O)[O-])c3C2=O)c([N+](=O)[O-])c1. The minimum Gasteiger partial charge on any atom is -0.459 e. The molecule has 13 heteroatoms. The molecule has 158 valence electrons. The molecule has 3 amide bonds. The highest BCUT2D eigenvalue weighted by molar-refractivity contribution is 6.24. The first-order valence-electron chi connectivity index (χ1n) is 8.48. The van der Waals surface area contributed by atoms with Crippen molar-refractivity contribution in [1.29, 1.82) is 0 Å². The number of hydrogen-bond acceptors (Lipinski definition) is 9. The molecule has 0 spiro atoms. The summed E-state index contributed by atoms with van der Waals surface area (Å²) in [5.41, 5.74) is 3.18. The molecule has 13 nitrogen and oxygen atoms in total. The molecule has 1 aliphatic heterocycles. The van der Waals surface area contributed by atoms with Crippen LogP contribution in [0.1, 0.15) is 36.6 Å². The largest absolute Gasteiger partial charge is 0.459 e. The van der Waals surface area contributed by atoms with E-state index in [0.29, 0.717) is 4.90 Å². The summed E-state index contributed by atoms with van der Waals surface area (Å²) in [7, 11) is 0. The maximum absolute atomic E-state index is 12.4. The number of nitrogens with two attached hydrogens (primary N) is 1. The summed E-state index contributed by atoms with van der Waals surface area (Å²) in [5, 5.41) is 22.3. The van der Waals surface area contributed by atoms with Crippen molar-refractivity contribution in [2.24, 2.45) is 5.73 Å². The third-order valence-electron chi connectivity index (χ3n) is 4.42. The van der Waals surface area contributed by atoms with Crippen LogP contribution >= 0.6 is 0 Å². The monoisotopic (exact) mass is 428 g/mol. The second-order valence-corrected chi connectivity index (χ2v) is 6.28. The van der Waals surface area contributed by atoms with Crippen LogP contribution in [0.15, 0.2) is 36.4 Å². The third-order valence-corrected chi connectivity index (χ3v) is 4.42. The lowest BCUT2D eigenvalue weighted by molar-refractivity contribution is -0.385. The standard InChI is InChI=1S/C18H12N4O9/c19-16(24)9-4-5-10(13(6-9)22(29)30)8-31-14(23)7-20-17(25)11-2-1-3-12(21(27)28)15(11)18(20)26/h1-6H,7-8H2,(H2,19,24). The molecular formula is C18H12N4O9. The number of carbonyl (C=O) groups excluding carboxylic acids is 4. The Kier molecular flexibility index (Phi) is 5.42. The molecule has 3 rings (SSSR count). The molecule has 0 saturated carbocycles. The zero-order chi connectivity index (χ0) is 22.9. The number of ether oxygens (including phenoxy) is 1. The number of rotatable bonds is 7. The summed E-state index contributed by atoms with van der Waals surface area (Å²) in [6.07, 6.45) is 0. The van der Waals surface area contributed by atoms with E-state index in [1.165, 1.54) is 24.3 Å². The van der Waals surface area contributed by atoms with E-state index in [0.717, 1.165) is 12.1 Å². The molecule has 1 aliphatic rings. The van der Waals surface area contributed by atoms with Gasteiger partial charge in [-0.15, -0.1) is 0 Å². The molecule has 1 heterocycles. The first-order valence-corrected chi connectivity index (χ1v) is 8.48. The van der Waals surface area contributed by atoms with E-state index in [9.17, 15) is 39.4 Å². The number of fused-ring (bicyclic) bond motifs is 1. The van der Waals surface area contributed by atoms with Crippen LogP contribution in [0.2, 0.25) is 0 Å². The van der Waals surface area contributed by atoms with Crippen molar-refractivity contribution >= 4 is 35.1 Å². The number of esters is 1. The van der Waals surface area contributed by atoms with Crippen molar-refractivity contribution in [2.45, 2.75) is 6.61 Å². The Morgan fingerprint density at radius 1 is 1.00 bits per heavy atom. The lowest BCUT2D eigenvalue weighted by Crippen LogP contribution is -2.35. The van der Waals surface area contributed by atoms with Gasteiger partial charge < -0.3 is 10.5 Å². The van der Waals surface area contributed by atoms with Crippen LogP contribution in [-0.2, 0) is 16.1 Å². The number of nitro benzene ring substituents is 2. The van der Waals surface area contributed by atoms with Crippen LogP contribution in [0.4, 0.5) is 11.4 Å². The van der Waals surface area contributed by atoms with Gasteiger partial charge in [0.15, 0.2) is 0 Å². The number of imide groups is 1. The van der Waals surface area contributed by atoms with Gasteiger partial charge in [0, 0.05) is 17.7 Å². The Balaban J connectivity index is 1.74. The van der Waals surface area contributed by atoms with Crippen LogP contribution in [-0.4, -0.2) is 45.0 Å². The van der Waals surface area contributed by atoms with E-state index in [2.05, 4.69) is 0 Å². The Bertz CT molecular complexity index is 1170. The van der Waals surface area contributed by atoms with E-state index in [1.807, 2.05) is 0 Å². The molecule has 0 radical (unpaired) electrons. The smallest absolute Gasteiger partial charge is 0.326 e. The average molecular weight is 428 g/mol. The predicted octanol–water partition coefficient (Wildman–Crippen LogP) is 0.941. The zero-order valence-electron chi connectivity index (χ0n) is 15.5. The number of nitro groups is 2. The molecule has 0 aliphatic carbocycles. The molecule has 0 saturated heterocycles. The van der Waals surface area contributed by atoms with Crippen molar-refractivity contribution in [2.75, 3.05) is 6.54 Å². The van der Waals surface area contributed by atoms with E-state index in [-0.39, 0.29) is 16.7 Å². The van der Waals surface area contributed by atoms with Crippen molar-refractivity contribution in [3.63, 3.8) is 0 Å². The minimum absolute atomic E-state index is 0.0543. The molecule has 0 unspecified atom stereocenters. The highest BCUT2D eigenvalue weighted by Gasteiger charge is 2.42. The Hall–Kier alpha value is -4.68. The first kappa shape index (κ1) is 21.0. The Morgan fingerprint density at radius 2 is 1.68 bits per heavy atom. The van der Waals surface area contributed by atoms with Gasteiger partial charge in [0.2, 0.25) is 5.91 Å². The van der Waals surface area contributed by atoms with Crippen LogP contribution in [0.3, 0.4) is 0 Å². The summed E-state index contributed by atoms with van der Waals surface area (Å²) in [4.78, 5) is 69.3. The minimum atomic E-state index is -1.08. The molecule has 2 N–H and O–H groups in total. The van der Waals surface area contributed by atoms with Gasteiger partial charge in [-0.05, 0) is 18.2 Å². The lowest BCUT2D eigenvalue weighted by Gasteiger charge is -2.13. The quantitative estimate of drug-likeness (QED) is 0.289. The van der Waals surface area contributed by atoms with Gasteiger partial charge in [-0.25, -0.2) is 0 Å². The molecule has 0 bridgehead atoms. The molecule has 0 atom stereocenters. The summed E-state index contributed by atoms with van der Waals surface area (Å²) >= 11 is 0. The van der Waals surface area contributed by atoms with E-state index >= 15 is 0 Å². The molecule has 31 heavy (non-hydrogen) atoms. The maximum atomic E-state index is 12.4. The lowest BCUT2D eigenvalue weighted by atomic mass is 10.1. The van der Waals surface area contributed by atoms with Crippen molar-refractivity contribution in [3.8, 4) is 0 Å². The van der Waals surface area contributed by atoms with Crippen LogP contribution < -0.4 is 5.73 Å². The third kappa shape index (κ3) is 3.91. The van der Waals surface area contributed by atoms with E-state index in [1.54, 1.807) is 0 Å². The Morgan fingerprint density at radius 3 is 2.29 bits per heavy atom. The normalized spacial score (nSPS) is 12.5. The van der Waals surface area contributed by atoms with Gasteiger partial charge in [0.25, 0.3) is 23.2 Å². The van der Waals surface area contributed by atoms with Gasteiger partial charge in [-0.3, -0.25) is 44.3 Å². The number of carbonyl (C=O) groups is 4. The van der Waals surface area contributed by atoms with Gasteiger partial charge in [-0.1, -0.05) is 6.07 Å². The highest BCUT2D eigenvalue weighted by atomic mass is 16.6. The topological polar surface area (TPSA) is 193 Å². The molecule has 2 aromatic rings. The highest BCUT2D eigenvalue weighted by Crippen LogP contribution is 2.30. The predicted molar refractivity (Wildman–Crippen MR) is 99.9 cm³/mol. The number of primary amides is 1. The van der Waals surface area contributed by atoms with Crippen LogP contribution in [0, 0.1) is 20.2 Å². The summed E-state index contributed by atoms with van der Waals surface area (Å²) in [6.45, 7) is -1.44. The van der Waals surface area contributed by atoms with Gasteiger partial charge in [0.1, 0.15) is 18.7 Å². The molecule has 0 aromatic heterocycles. The number of hydrogen-bond donors (Lipinski definition) is 1. The van der Waals surface area contributed by atoms with Gasteiger partial charge >= 0.3 is 5.97 Å². The summed E-state index contributed by atoms with van der Waals surface area (Å²) < 4.78 is 4.91. The molecule has 2 aromatic carbocycles. The Labute approximate surface area is 172 Å². The van der Waals surface area contributed by atoms with Gasteiger partial charge in [0.05, 0.1) is 21.0 Å². The van der Waals surface area contributed by atoms with Crippen molar-refractivity contribution in [1.82, 2.24) is 4.90 Å². The first-order chi connectivity index (χ1) is 14.6. The number of nitrogens with zero attached hydrogens (tertiary/aromatic N) is 3. The summed E-state index contributed by atoms with van der Waals surface area (Å²) in [6, 6.07) is 6.82. The summed E-state index contributed by atoms with van der Waals surface area (Å²) in [5.74, 6) is -3.89. The second-order valence-electron chi connectivity index (χ2n) is 6.28. The van der Waals surface area contributed by atoms with Crippen LogP contribution in [0.25, 0.3) is 0 Å². The maximum Gasteiger partial charge on any atom is 0.326 e. The van der Waals surface area contributed by atoms with Crippen molar-refractivity contribution < 1.29 is 33.8 Å². The fraction of sp³-hybridized carbons (Fsp3) is 0.111. The number of benzene rings is 2. The van der Waals surface area contributed by atoms with Gasteiger partial charge in [-0.2, -0.15) is 0 Å². The fourth-order valence-corrected chi connectivity index (χ4v) is 2.95. The fourth-order valence-electron chi connectivity index (χ4n) is 2.95. The van der Waals surface area contributed by atoms with E-state index < -0.39 is 63.6 Å². The second kappa shape index (κ2) is 7.98. The zero-order valence-corrected chi connectivity index (χ0v) is 15.5.